The van der Waals surface area contributed by atoms with E-state index in [1.165, 1.54) is 6.33 Å². The number of methoxy groups -OCH3 is 1. The first-order valence-corrected chi connectivity index (χ1v) is 7.52. The highest BCUT2D eigenvalue weighted by Gasteiger charge is 2.11. The summed E-state index contributed by atoms with van der Waals surface area (Å²) in [6.45, 7) is 3.38. The van der Waals surface area contributed by atoms with Crippen LogP contribution in [0.1, 0.15) is 18.9 Å². The van der Waals surface area contributed by atoms with Crippen molar-refractivity contribution in [2.24, 2.45) is 0 Å². The number of anilines is 1. The number of ether oxygens (including phenoxy) is 2. The molecule has 0 saturated heterocycles. The molecule has 1 aromatic heterocycles. The van der Waals surface area contributed by atoms with Crippen molar-refractivity contribution in [3.63, 3.8) is 0 Å². The van der Waals surface area contributed by atoms with Crippen molar-refractivity contribution in [2.45, 2.75) is 19.9 Å². The molecule has 2 rings (SSSR count). The molecular weight excluding hydrogens is 334 g/mol. The van der Waals surface area contributed by atoms with Crippen LogP contribution in [-0.4, -0.2) is 23.7 Å². The van der Waals surface area contributed by atoms with Crippen LogP contribution in [0.2, 0.25) is 0 Å². The number of nitrogens with zero attached hydrogens (tertiary/aromatic N) is 2. The molecule has 6 heteroatoms. The molecule has 0 spiro atoms. The van der Waals surface area contributed by atoms with Gasteiger partial charge in [-0.15, -0.1) is 0 Å². The van der Waals surface area contributed by atoms with E-state index in [2.05, 4.69) is 38.1 Å². The highest BCUT2D eigenvalue weighted by atomic mass is 79.9. The van der Waals surface area contributed by atoms with Gasteiger partial charge in [-0.3, -0.25) is 0 Å². The molecule has 1 aromatic carbocycles. The lowest BCUT2D eigenvalue weighted by molar-refractivity contribution is 0.292. The van der Waals surface area contributed by atoms with E-state index in [0.717, 1.165) is 33.6 Å². The van der Waals surface area contributed by atoms with E-state index >= 15 is 0 Å². The molecule has 5 nitrogen and oxygen atoms in total. The van der Waals surface area contributed by atoms with Crippen molar-refractivity contribution in [3.05, 3.63) is 40.9 Å². The van der Waals surface area contributed by atoms with Crippen LogP contribution in [0.3, 0.4) is 0 Å². The summed E-state index contributed by atoms with van der Waals surface area (Å²) in [4.78, 5) is 7.94. The van der Waals surface area contributed by atoms with Gasteiger partial charge in [0.2, 0.25) is 0 Å². The van der Waals surface area contributed by atoms with Crippen molar-refractivity contribution < 1.29 is 9.47 Å². The van der Waals surface area contributed by atoms with Crippen LogP contribution < -0.4 is 14.8 Å². The van der Waals surface area contributed by atoms with Crippen LogP contribution in [0, 0.1) is 0 Å². The van der Waals surface area contributed by atoms with E-state index in [4.69, 9.17) is 9.47 Å². The normalized spacial score (nSPS) is 10.2. The van der Waals surface area contributed by atoms with Crippen LogP contribution in [-0.2, 0) is 6.54 Å². The van der Waals surface area contributed by atoms with Crippen molar-refractivity contribution >= 4 is 21.6 Å². The first-order valence-electron chi connectivity index (χ1n) is 6.72. The SMILES string of the molecule is CCCOc1c(Br)cc(CNc2cncnc2)cc1OC. The number of hydrogen-bond acceptors (Lipinski definition) is 5. The lowest BCUT2D eigenvalue weighted by atomic mass is 10.2. The maximum absolute atomic E-state index is 5.71. The van der Waals surface area contributed by atoms with Gasteiger partial charge in [-0.05, 0) is 40.0 Å². The molecule has 0 aliphatic rings. The van der Waals surface area contributed by atoms with Crippen LogP contribution in [0.15, 0.2) is 35.3 Å². The molecule has 2 aromatic rings. The zero-order valence-electron chi connectivity index (χ0n) is 12.1. The van der Waals surface area contributed by atoms with Gasteiger partial charge in [0.1, 0.15) is 6.33 Å². The molecule has 0 saturated carbocycles. The molecular formula is C15H18BrN3O2. The fraction of sp³-hybridized carbons (Fsp3) is 0.333. The topological polar surface area (TPSA) is 56.3 Å². The van der Waals surface area contributed by atoms with Gasteiger partial charge in [-0.2, -0.15) is 0 Å². The minimum absolute atomic E-state index is 0.649. The average molecular weight is 352 g/mol. The summed E-state index contributed by atoms with van der Waals surface area (Å²) in [5.41, 5.74) is 1.95. The van der Waals surface area contributed by atoms with Crippen molar-refractivity contribution in [1.82, 2.24) is 9.97 Å². The zero-order valence-corrected chi connectivity index (χ0v) is 13.7. The van der Waals surface area contributed by atoms with E-state index in [-0.39, 0.29) is 0 Å². The molecule has 0 bridgehead atoms. The van der Waals surface area contributed by atoms with Gasteiger partial charge in [-0.1, -0.05) is 6.92 Å². The van der Waals surface area contributed by atoms with Gasteiger partial charge in [0.15, 0.2) is 11.5 Å². The van der Waals surface area contributed by atoms with E-state index in [1.54, 1.807) is 19.5 Å². The van der Waals surface area contributed by atoms with Gasteiger partial charge >= 0.3 is 0 Å². The first-order chi connectivity index (χ1) is 10.2. The standard InChI is InChI=1S/C15H18BrN3O2/c1-3-4-21-15-13(16)5-11(6-14(15)20-2)7-19-12-8-17-10-18-9-12/h5-6,8-10,19H,3-4,7H2,1-2H3. The molecule has 0 unspecified atom stereocenters. The first kappa shape index (κ1) is 15.6. The quantitative estimate of drug-likeness (QED) is 0.824. The van der Waals surface area contributed by atoms with Crippen molar-refractivity contribution in [2.75, 3.05) is 19.0 Å². The summed E-state index contributed by atoms with van der Waals surface area (Å²) < 4.78 is 12.0. The maximum Gasteiger partial charge on any atom is 0.175 e. The van der Waals surface area contributed by atoms with Crippen LogP contribution >= 0.6 is 15.9 Å². The third-order valence-corrected chi connectivity index (χ3v) is 3.39. The molecule has 0 amide bonds. The second kappa shape index (κ2) is 7.83. The van der Waals surface area contributed by atoms with Crippen LogP contribution in [0.25, 0.3) is 0 Å². The lowest BCUT2D eigenvalue weighted by Gasteiger charge is -2.14. The van der Waals surface area contributed by atoms with Crippen molar-refractivity contribution in [3.8, 4) is 11.5 Å². The lowest BCUT2D eigenvalue weighted by Crippen LogP contribution is -2.03. The van der Waals surface area contributed by atoms with E-state index < -0.39 is 0 Å². The second-order valence-corrected chi connectivity index (χ2v) is 5.29. The smallest absolute Gasteiger partial charge is 0.175 e. The van der Waals surface area contributed by atoms with Gasteiger partial charge in [0.25, 0.3) is 0 Å². The summed E-state index contributed by atoms with van der Waals surface area (Å²) in [5, 5.41) is 3.26. The number of nitrogens with one attached hydrogen (secondary N) is 1. The van der Waals surface area contributed by atoms with Gasteiger partial charge in [0, 0.05) is 6.54 Å². The Hall–Kier alpha value is -1.82. The zero-order chi connectivity index (χ0) is 15.1. The Morgan fingerprint density at radius 1 is 1.24 bits per heavy atom. The summed E-state index contributed by atoms with van der Waals surface area (Å²) in [7, 11) is 1.64. The Balaban J connectivity index is 2.12. The Labute approximate surface area is 132 Å². The summed E-state index contributed by atoms with van der Waals surface area (Å²) >= 11 is 3.54. The molecule has 0 fully saturated rings. The molecule has 0 radical (unpaired) electrons. The molecule has 0 atom stereocenters. The number of benzene rings is 1. The third kappa shape index (κ3) is 4.32. The maximum atomic E-state index is 5.71. The molecule has 21 heavy (non-hydrogen) atoms. The third-order valence-electron chi connectivity index (χ3n) is 2.80. The number of hydrogen-bond donors (Lipinski definition) is 1. The summed E-state index contributed by atoms with van der Waals surface area (Å²) in [6.07, 6.45) is 5.92. The van der Waals surface area contributed by atoms with E-state index in [0.29, 0.717) is 13.2 Å². The Bertz CT molecular complexity index is 579. The Morgan fingerprint density at radius 3 is 2.67 bits per heavy atom. The van der Waals surface area contributed by atoms with Crippen LogP contribution in [0.4, 0.5) is 5.69 Å². The summed E-state index contributed by atoms with van der Waals surface area (Å²) in [6, 6.07) is 3.98. The number of aromatic nitrogens is 2. The Morgan fingerprint density at radius 2 is 2.00 bits per heavy atom. The van der Waals surface area contributed by atoms with E-state index in [1.807, 2.05) is 12.1 Å². The molecule has 0 aliphatic heterocycles. The van der Waals surface area contributed by atoms with Crippen molar-refractivity contribution in [1.29, 1.82) is 0 Å². The Kier molecular flexibility index (Phi) is 5.80. The fourth-order valence-electron chi connectivity index (χ4n) is 1.81. The molecule has 0 aliphatic carbocycles. The molecule has 1 N–H and O–H groups in total. The van der Waals surface area contributed by atoms with E-state index in [9.17, 15) is 0 Å². The monoisotopic (exact) mass is 351 g/mol. The predicted octanol–water partition coefficient (Wildman–Crippen LogP) is 3.65. The molecule has 1 heterocycles. The van der Waals surface area contributed by atoms with Gasteiger partial charge in [-0.25, -0.2) is 9.97 Å². The van der Waals surface area contributed by atoms with Gasteiger partial charge in [0.05, 0.1) is 36.3 Å². The minimum Gasteiger partial charge on any atom is -0.493 e. The average Bonchev–Trinajstić information content (AvgIpc) is 2.52. The number of halogens is 1. The highest BCUT2D eigenvalue weighted by Crippen LogP contribution is 2.36. The minimum atomic E-state index is 0.649. The fourth-order valence-corrected chi connectivity index (χ4v) is 2.42. The highest BCUT2D eigenvalue weighted by molar-refractivity contribution is 9.10. The predicted molar refractivity (Wildman–Crippen MR) is 85.8 cm³/mol. The number of rotatable bonds is 7. The largest absolute Gasteiger partial charge is 0.493 e. The van der Waals surface area contributed by atoms with Gasteiger partial charge < -0.3 is 14.8 Å². The second-order valence-electron chi connectivity index (χ2n) is 4.44. The van der Waals surface area contributed by atoms with Crippen LogP contribution in [0.5, 0.6) is 11.5 Å². The summed E-state index contributed by atoms with van der Waals surface area (Å²) in [5.74, 6) is 1.46. The molecule has 112 valence electrons.